The summed E-state index contributed by atoms with van der Waals surface area (Å²) in [7, 11) is 0. The molecule has 0 spiro atoms. The Hall–Kier alpha value is -1.07. The molecule has 0 atom stereocenters. The number of carbonyl (C=O) groups is 1. The maximum atomic E-state index is 11.4. The third kappa shape index (κ3) is 1.75. The van der Waals surface area contributed by atoms with E-state index < -0.39 is 0 Å². The van der Waals surface area contributed by atoms with Crippen LogP contribution in [0.3, 0.4) is 0 Å². The van der Waals surface area contributed by atoms with Crippen LogP contribution in [0.25, 0.3) is 0 Å². The third-order valence-electron chi connectivity index (χ3n) is 1.64. The van der Waals surface area contributed by atoms with E-state index in [-0.39, 0.29) is 12.2 Å². The molecule has 0 fully saturated rings. The van der Waals surface area contributed by atoms with Crippen molar-refractivity contribution in [2.45, 2.75) is 19.8 Å². The second kappa shape index (κ2) is 4.08. The topological polar surface area (TPSA) is 17.1 Å². The predicted octanol–water partition coefficient (Wildman–Crippen LogP) is 2.52. The lowest BCUT2D eigenvalue weighted by Crippen LogP contribution is -1.97. The molecule has 2 heteroatoms. The van der Waals surface area contributed by atoms with Crippen molar-refractivity contribution >= 4 is 17.1 Å². The van der Waals surface area contributed by atoms with Gasteiger partial charge in [0.2, 0.25) is 0 Å². The van der Waals surface area contributed by atoms with Crippen molar-refractivity contribution in [3.8, 4) is 12.3 Å². The molecule has 1 aromatic rings. The molecule has 0 aliphatic rings. The first-order chi connectivity index (χ1) is 5.79. The Morgan fingerprint density at radius 3 is 3.08 bits per heavy atom. The number of carbonyl (C=O) groups excluding carboxylic acids is 1. The van der Waals surface area contributed by atoms with Gasteiger partial charge in [-0.15, -0.1) is 17.8 Å². The highest BCUT2D eigenvalue weighted by Gasteiger charge is 2.09. The van der Waals surface area contributed by atoms with Crippen LogP contribution in [0.15, 0.2) is 11.4 Å². The normalized spacial score (nSPS) is 9.33. The van der Waals surface area contributed by atoms with Crippen LogP contribution in [0.4, 0.5) is 0 Å². The van der Waals surface area contributed by atoms with Gasteiger partial charge in [-0.05, 0) is 23.4 Å². The summed E-state index contributed by atoms with van der Waals surface area (Å²) in [5.74, 6) is 2.44. The maximum Gasteiger partial charge on any atom is 0.184 e. The van der Waals surface area contributed by atoms with Gasteiger partial charge in [-0.1, -0.05) is 12.8 Å². The Kier molecular flexibility index (Phi) is 3.07. The first kappa shape index (κ1) is 9.02. The van der Waals surface area contributed by atoms with Gasteiger partial charge in [-0.3, -0.25) is 4.79 Å². The monoisotopic (exact) mass is 178 g/mol. The zero-order valence-electron chi connectivity index (χ0n) is 6.96. The van der Waals surface area contributed by atoms with E-state index in [2.05, 4.69) is 5.92 Å². The molecule has 0 saturated heterocycles. The molecule has 1 aromatic heterocycles. The van der Waals surface area contributed by atoms with Gasteiger partial charge in [0.05, 0.1) is 11.3 Å². The fraction of sp³-hybridized carbons (Fsp3) is 0.300. The number of rotatable bonds is 3. The molecule has 0 saturated carbocycles. The number of aryl methyl sites for hydroxylation is 1. The number of Topliss-reactive ketones (excluding diaryl/α,β-unsaturated/α-hetero) is 1. The molecular weight excluding hydrogens is 168 g/mol. The van der Waals surface area contributed by atoms with E-state index in [0.717, 1.165) is 16.9 Å². The second-order valence-corrected chi connectivity index (χ2v) is 3.35. The number of ketones is 1. The predicted molar refractivity (Wildman–Crippen MR) is 51.5 cm³/mol. The summed E-state index contributed by atoms with van der Waals surface area (Å²) in [5.41, 5.74) is 1.11. The molecule has 0 radical (unpaired) electrons. The summed E-state index contributed by atoms with van der Waals surface area (Å²) in [5, 5.41) is 1.93. The Morgan fingerprint density at radius 2 is 2.50 bits per heavy atom. The highest BCUT2D eigenvalue weighted by atomic mass is 32.1. The van der Waals surface area contributed by atoms with Crippen LogP contribution in [0.5, 0.6) is 0 Å². The van der Waals surface area contributed by atoms with Crippen LogP contribution in [0.2, 0.25) is 0 Å². The van der Waals surface area contributed by atoms with Gasteiger partial charge >= 0.3 is 0 Å². The minimum absolute atomic E-state index is 0.0735. The molecule has 62 valence electrons. The Bertz CT molecular complexity index is 317. The average molecular weight is 178 g/mol. The Labute approximate surface area is 76.4 Å². The second-order valence-electron chi connectivity index (χ2n) is 2.43. The smallest absolute Gasteiger partial charge is 0.184 e. The van der Waals surface area contributed by atoms with Crippen molar-refractivity contribution in [2.24, 2.45) is 0 Å². The molecule has 12 heavy (non-hydrogen) atoms. The standard InChI is InChI=1S/C10H10OS/c1-3-5-9(11)10-8(4-2)6-7-12-10/h1,6-7H,4-5H2,2H3. The molecule has 0 unspecified atom stereocenters. The van der Waals surface area contributed by atoms with Gasteiger partial charge in [0.25, 0.3) is 0 Å². The van der Waals surface area contributed by atoms with E-state index in [1.54, 1.807) is 0 Å². The van der Waals surface area contributed by atoms with Crippen LogP contribution in [0, 0.1) is 12.3 Å². The Morgan fingerprint density at radius 1 is 1.75 bits per heavy atom. The van der Waals surface area contributed by atoms with Crippen molar-refractivity contribution < 1.29 is 4.79 Å². The molecule has 1 rings (SSSR count). The fourth-order valence-corrected chi connectivity index (χ4v) is 1.97. The van der Waals surface area contributed by atoms with Crippen molar-refractivity contribution in [2.75, 3.05) is 0 Å². The molecule has 1 heterocycles. The minimum atomic E-state index is 0.0735. The van der Waals surface area contributed by atoms with E-state index in [1.807, 2.05) is 18.4 Å². The van der Waals surface area contributed by atoms with Crippen molar-refractivity contribution in [3.05, 3.63) is 21.9 Å². The summed E-state index contributed by atoms with van der Waals surface area (Å²) >= 11 is 1.48. The molecular formula is C10H10OS. The summed E-state index contributed by atoms with van der Waals surface area (Å²) in [6, 6.07) is 1.98. The van der Waals surface area contributed by atoms with Crippen molar-refractivity contribution in [1.29, 1.82) is 0 Å². The molecule has 0 aliphatic heterocycles. The fourth-order valence-electron chi connectivity index (χ4n) is 1.03. The first-order valence-electron chi connectivity index (χ1n) is 3.82. The van der Waals surface area contributed by atoms with E-state index in [9.17, 15) is 4.79 Å². The average Bonchev–Trinajstić information content (AvgIpc) is 2.51. The van der Waals surface area contributed by atoms with Crippen LogP contribution in [-0.2, 0) is 6.42 Å². The summed E-state index contributed by atoms with van der Waals surface area (Å²) in [6.45, 7) is 2.04. The number of terminal acetylenes is 1. The van der Waals surface area contributed by atoms with Gasteiger partial charge in [0.15, 0.2) is 5.78 Å². The molecule has 0 bridgehead atoms. The largest absolute Gasteiger partial charge is 0.292 e. The zero-order valence-corrected chi connectivity index (χ0v) is 7.78. The van der Waals surface area contributed by atoms with Gasteiger partial charge in [0, 0.05) is 0 Å². The van der Waals surface area contributed by atoms with Crippen LogP contribution < -0.4 is 0 Å². The first-order valence-corrected chi connectivity index (χ1v) is 4.70. The Balaban J connectivity index is 2.88. The number of hydrogen-bond acceptors (Lipinski definition) is 2. The van der Waals surface area contributed by atoms with Gasteiger partial charge in [-0.25, -0.2) is 0 Å². The van der Waals surface area contributed by atoms with Crippen LogP contribution in [0.1, 0.15) is 28.6 Å². The number of hydrogen-bond donors (Lipinski definition) is 0. The molecule has 0 aromatic carbocycles. The quantitative estimate of drug-likeness (QED) is 0.513. The molecule has 1 nitrogen and oxygen atoms in total. The number of thiophene rings is 1. The van der Waals surface area contributed by atoms with E-state index in [4.69, 9.17) is 6.42 Å². The van der Waals surface area contributed by atoms with Crippen LogP contribution in [-0.4, -0.2) is 5.78 Å². The summed E-state index contributed by atoms with van der Waals surface area (Å²) in [6.07, 6.45) is 6.17. The lowest BCUT2D eigenvalue weighted by molar-refractivity contribution is 0.100. The van der Waals surface area contributed by atoms with E-state index in [0.29, 0.717) is 0 Å². The molecule has 0 N–H and O–H groups in total. The van der Waals surface area contributed by atoms with Crippen molar-refractivity contribution in [3.63, 3.8) is 0 Å². The van der Waals surface area contributed by atoms with E-state index in [1.165, 1.54) is 11.3 Å². The van der Waals surface area contributed by atoms with E-state index >= 15 is 0 Å². The summed E-state index contributed by atoms with van der Waals surface area (Å²) < 4.78 is 0. The lowest BCUT2D eigenvalue weighted by Gasteiger charge is -1.95. The van der Waals surface area contributed by atoms with Crippen LogP contribution >= 0.6 is 11.3 Å². The minimum Gasteiger partial charge on any atom is -0.292 e. The van der Waals surface area contributed by atoms with Gasteiger partial charge < -0.3 is 0 Å². The highest BCUT2D eigenvalue weighted by Crippen LogP contribution is 2.18. The lowest BCUT2D eigenvalue weighted by atomic mass is 10.1. The maximum absolute atomic E-state index is 11.4. The SMILES string of the molecule is C#CCC(=O)c1sccc1CC. The third-order valence-corrected chi connectivity index (χ3v) is 2.64. The zero-order chi connectivity index (χ0) is 8.97. The highest BCUT2D eigenvalue weighted by molar-refractivity contribution is 7.12. The van der Waals surface area contributed by atoms with Gasteiger partial charge in [0.1, 0.15) is 0 Å². The summed E-state index contributed by atoms with van der Waals surface area (Å²) in [4.78, 5) is 12.2. The molecule has 0 amide bonds. The van der Waals surface area contributed by atoms with Crippen molar-refractivity contribution in [1.82, 2.24) is 0 Å². The molecule has 0 aliphatic carbocycles. The van der Waals surface area contributed by atoms with Gasteiger partial charge in [-0.2, -0.15) is 0 Å².